The van der Waals surface area contributed by atoms with Gasteiger partial charge in [-0.05, 0) is 38.0 Å². The van der Waals surface area contributed by atoms with E-state index in [1.165, 1.54) is 24.8 Å². The van der Waals surface area contributed by atoms with Crippen molar-refractivity contribution in [2.24, 2.45) is 7.05 Å². The Bertz CT molecular complexity index is 1190. The number of benzene rings is 1. The van der Waals surface area contributed by atoms with Gasteiger partial charge in [-0.2, -0.15) is 0 Å². The Morgan fingerprint density at radius 3 is 2.52 bits per heavy atom. The summed E-state index contributed by atoms with van der Waals surface area (Å²) in [5, 5.41) is 0.0832. The van der Waals surface area contributed by atoms with E-state index < -0.39 is 17.2 Å². The molecule has 2 aromatic heterocycles. The smallest absolute Gasteiger partial charge is 0.338 e. The molecular weight excluding hydrogens is 346 g/mol. The number of methoxy groups -OCH3 is 1. The summed E-state index contributed by atoms with van der Waals surface area (Å²) in [6.45, 7) is 5.68. The zero-order valence-electron chi connectivity index (χ0n) is 16.0. The molecule has 1 aromatic carbocycles. The molecule has 7 nitrogen and oxygen atoms in total. The molecule has 0 aliphatic heterocycles. The highest BCUT2D eigenvalue weighted by Crippen LogP contribution is 2.16. The summed E-state index contributed by atoms with van der Waals surface area (Å²) in [6.07, 6.45) is 0. The molecule has 0 aliphatic rings. The van der Waals surface area contributed by atoms with Crippen LogP contribution in [0.1, 0.15) is 32.7 Å². The minimum Gasteiger partial charge on any atom is -0.465 e. The number of aryl methyl sites for hydroxylation is 4. The largest absolute Gasteiger partial charge is 0.465 e. The second kappa shape index (κ2) is 6.83. The fourth-order valence-electron chi connectivity index (χ4n) is 3.16. The SMILES string of the molecule is COC(=O)c1cc(C)nc2c1c(=O)n(Cc1cc(C)ccc1C)c(=O)n2C. The van der Waals surface area contributed by atoms with E-state index >= 15 is 0 Å². The zero-order valence-corrected chi connectivity index (χ0v) is 16.0. The Balaban J connectivity index is 2.37. The number of hydrogen-bond acceptors (Lipinski definition) is 5. The van der Waals surface area contributed by atoms with Crippen molar-refractivity contribution < 1.29 is 9.53 Å². The van der Waals surface area contributed by atoms with E-state index in [0.29, 0.717) is 5.69 Å². The quantitative estimate of drug-likeness (QED) is 0.660. The molecule has 3 rings (SSSR count). The molecule has 0 bridgehead atoms. The lowest BCUT2D eigenvalue weighted by Crippen LogP contribution is -2.40. The van der Waals surface area contributed by atoms with Gasteiger partial charge in [0, 0.05) is 12.7 Å². The maximum absolute atomic E-state index is 13.2. The highest BCUT2D eigenvalue weighted by Gasteiger charge is 2.21. The molecule has 3 aromatic rings. The molecule has 7 heteroatoms. The van der Waals surface area contributed by atoms with Gasteiger partial charge in [-0.25, -0.2) is 14.6 Å². The lowest BCUT2D eigenvalue weighted by Gasteiger charge is -2.14. The Hall–Kier alpha value is -3.22. The van der Waals surface area contributed by atoms with Gasteiger partial charge in [0.15, 0.2) is 0 Å². The molecule has 140 valence electrons. The molecule has 0 radical (unpaired) electrons. The van der Waals surface area contributed by atoms with Crippen LogP contribution in [0.4, 0.5) is 0 Å². The van der Waals surface area contributed by atoms with Crippen LogP contribution in [0.3, 0.4) is 0 Å². The first-order chi connectivity index (χ1) is 12.7. The molecule has 0 aliphatic carbocycles. The van der Waals surface area contributed by atoms with Gasteiger partial charge in [-0.15, -0.1) is 0 Å². The van der Waals surface area contributed by atoms with Crippen LogP contribution in [-0.2, 0) is 18.3 Å². The number of esters is 1. The van der Waals surface area contributed by atoms with Gasteiger partial charge in [0.25, 0.3) is 5.56 Å². The van der Waals surface area contributed by atoms with Gasteiger partial charge in [-0.1, -0.05) is 23.8 Å². The van der Waals surface area contributed by atoms with Crippen molar-refractivity contribution in [3.63, 3.8) is 0 Å². The summed E-state index contributed by atoms with van der Waals surface area (Å²) in [7, 11) is 2.79. The van der Waals surface area contributed by atoms with Crippen molar-refractivity contribution in [2.45, 2.75) is 27.3 Å². The third-order valence-electron chi connectivity index (χ3n) is 4.66. The van der Waals surface area contributed by atoms with Crippen molar-refractivity contribution in [3.05, 3.63) is 73.1 Å². The molecule has 0 N–H and O–H groups in total. The number of hydrogen-bond donors (Lipinski definition) is 0. The monoisotopic (exact) mass is 367 g/mol. The molecule has 0 unspecified atom stereocenters. The summed E-state index contributed by atoms with van der Waals surface area (Å²) in [4.78, 5) is 42.5. The van der Waals surface area contributed by atoms with Crippen molar-refractivity contribution >= 4 is 17.0 Å². The maximum atomic E-state index is 13.2. The average molecular weight is 367 g/mol. The number of rotatable bonds is 3. The average Bonchev–Trinajstić information content (AvgIpc) is 2.64. The first-order valence-electron chi connectivity index (χ1n) is 8.50. The van der Waals surface area contributed by atoms with Gasteiger partial charge in [0.2, 0.25) is 0 Å². The van der Waals surface area contributed by atoms with Crippen LogP contribution in [0.2, 0.25) is 0 Å². The Morgan fingerprint density at radius 1 is 1.15 bits per heavy atom. The van der Waals surface area contributed by atoms with E-state index in [9.17, 15) is 14.4 Å². The van der Waals surface area contributed by atoms with Crippen molar-refractivity contribution in [1.82, 2.24) is 14.1 Å². The predicted octanol–water partition coefficient (Wildman–Crippen LogP) is 1.86. The third-order valence-corrected chi connectivity index (χ3v) is 4.66. The highest BCUT2D eigenvalue weighted by atomic mass is 16.5. The molecule has 0 fully saturated rings. The number of carbonyl (C=O) groups excluding carboxylic acids is 1. The minimum atomic E-state index is -0.639. The standard InChI is InChI=1S/C20H21N3O4/c1-11-6-7-12(2)14(8-11)10-23-18(24)16-15(19(25)27-5)9-13(3)21-17(16)22(4)20(23)26/h6-9H,10H2,1-5H3. The summed E-state index contributed by atoms with van der Waals surface area (Å²) in [5.41, 5.74) is 2.64. The van der Waals surface area contributed by atoms with Crippen molar-refractivity contribution in [2.75, 3.05) is 7.11 Å². The third kappa shape index (κ3) is 3.16. The van der Waals surface area contributed by atoms with E-state index in [1.807, 2.05) is 32.0 Å². The number of carbonyl (C=O) groups is 1. The first-order valence-corrected chi connectivity index (χ1v) is 8.50. The summed E-state index contributed by atoms with van der Waals surface area (Å²) in [6, 6.07) is 7.37. The van der Waals surface area contributed by atoms with Crippen molar-refractivity contribution in [1.29, 1.82) is 0 Å². The Labute approximate surface area is 155 Å². The van der Waals surface area contributed by atoms with Crippen LogP contribution >= 0.6 is 0 Å². The van der Waals surface area contributed by atoms with E-state index in [2.05, 4.69) is 4.98 Å². The molecule has 2 heterocycles. The van der Waals surface area contributed by atoms with Crippen LogP contribution in [0.15, 0.2) is 33.9 Å². The lowest BCUT2D eigenvalue weighted by atomic mass is 10.1. The second-order valence-electron chi connectivity index (χ2n) is 6.66. The number of pyridine rings is 1. The van der Waals surface area contributed by atoms with Gasteiger partial charge >= 0.3 is 11.7 Å². The predicted molar refractivity (Wildman–Crippen MR) is 102 cm³/mol. The first kappa shape index (κ1) is 18.6. The fourth-order valence-corrected chi connectivity index (χ4v) is 3.16. The van der Waals surface area contributed by atoms with Crippen LogP contribution in [0, 0.1) is 20.8 Å². The molecule has 27 heavy (non-hydrogen) atoms. The summed E-state index contributed by atoms with van der Waals surface area (Å²) >= 11 is 0. The van der Waals surface area contributed by atoms with Gasteiger partial charge < -0.3 is 4.74 Å². The number of nitrogens with zero attached hydrogens (tertiary/aromatic N) is 3. The molecule has 0 atom stereocenters. The zero-order chi connectivity index (χ0) is 19.9. The molecular formula is C20H21N3O4. The van der Waals surface area contributed by atoms with Gasteiger partial charge in [0.05, 0.1) is 24.6 Å². The molecule has 0 saturated carbocycles. The van der Waals surface area contributed by atoms with Crippen LogP contribution in [-0.4, -0.2) is 27.2 Å². The Kier molecular flexibility index (Phi) is 4.70. The summed E-state index contributed by atoms with van der Waals surface area (Å²) < 4.78 is 7.24. The molecule has 0 spiro atoms. The van der Waals surface area contributed by atoms with Gasteiger partial charge in [0.1, 0.15) is 5.65 Å². The molecule has 0 saturated heterocycles. The number of ether oxygens (including phenoxy) is 1. The Morgan fingerprint density at radius 2 is 1.85 bits per heavy atom. The van der Waals surface area contributed by atoms with E-state index in [-0.39, 0.29) is 23.1 Å². The van der Waals surface area contributed by atoms with Crippen molar-refractivity contribution in [3.8, 4) is 0 Å². The maximum Gasteiger partial charge on any atom is 0.338 e. The number of fused-ring (bicyclic) bond motifs is 1. The van der Waals surface area contributed by atoms with Crippen LogP contribution in [0.25, 0.3) is 11.0 Å². The van der Waals surface area contributed by atoms with E-state index in [0.717, 1.165) is 21.3 Å². The van der Waals surface area contributed by atoms with Gasteiger partial charge in [-0.3, -0.25) is 13.9 Å². The van der Waals surface area contributed by atoms with E-state index in [4.69, 9.17) is 4.74 Å². The normalized spacial score (nSPS) is 11.0. The lowest BCUT2D eigenvalue weighted by molar-refractivity contribution is 0.0602. The minimum absolute atomic E-state index is 0.0832. The molecule has 0 amide bonds. The number of aromatic nitrogens is 3. The topological polar surface area (TPSA) is 83.2 Å². The fraction of sp³-hybridized carbons (Fsp3) is 0.300. The second-order valence-corrected chi connectivity index (χ2v) is 6.66. The van der Waals surface area contributed by atoms with Crippen LogP contribution < -0.4 is 11.2 Å². The van der Waals surface area contributed by atoms with Crippen LogP contribution in [0.5, 0.6) is 0 Å². The highest BCUT2D eigenvalue weighted by molar-refractivity contribution is 6.02. The summed E-state index contributed by atoms with van der Waals surface area (Å²) in [5.74, 6) is -0.639. The van der Waals surface area contributed by atoms with E-state index in [1.54, 1.807) is 6.92 Å².